The Hall–Kier alpha value is 0. The van der Waals surface area contributed by atoms with Crippen molar-refractivity contribution in [3.05, 3.63) is 0 Å². The van der Waals surface area contributed by atoms with Gasteiger partial charge in [-0.15, -0.1) is 0 Å². The van der Waals surface area contributed by atoms with Crippen LogP contribution in [-0.4, -0.2) is 0 Å². The van der Waals surface area contributed by atoms with E-state index in [9.17, 15) is 0 Å². The SMILES string of the molecule is CCC(C)CC(CC)CCC1CC(C)C1C. The van der Waals surface area contributed by atoms with E-state index >= 15 is 0 Å². The molecule has 96 valence electrons. The smallest absolute Gasteiger partial charge is 0.0383 e. The number of hydrogen-bond donors (Lipinski definition) is 0. The summed E-state index contributed by atoms with van der Waals surface area (Å²) < 4.78 is 0. The molecule has 5 atom stereocenters. The highest BCUT2D eigenvalue weighted by Crippen LogP contribution is 2.43. The van der Waals surface area contributed by atoms with Crippen LogP contribution in [-0.2, 0) is 0 Å². The Morgan fingerprint density at radius 3 is 2.25 bits per heavy atom. The van der Waals surface area contributed by atoms with Crippen molar-refractivity contribution in [2.45, 2.75) is 73.1 Å². The van der Waals surface area contributed by atoms with Crippen LogP contribution in [0.25, 0.3) is 0 Å². The van der Waals surface area contributed by atoms with Crippen molar-refractivity contribution >= 4 is 0 Å². The van der Waals surface area contributed by atoms with Crippen LogP contribution in [0.15, 0.2) is 0 Å². The maximum atomic E-state index is 2.45. The van der Waals surface area contributed by atoms with Gasteiger partial charge in [0.05, 0.1) is 0 Å². The molecule has 1 aliphatic carbocycles. The average molecular weight is 224 g/mol. The topological polar surface area (TPSA) is 0 Å². The van der Waals surface area contributed by atoms with Crippen molar-refractivity contribution in [3.8, 4) is 0 Å². The van der Waals surface area contributed by atoms with Crippen LogP contribution < -0.4 is 0 Å². The van der Waals surface area contributed by atoms with Crippen molar-refractivity contribution < 1.29 is 0 Å². The van der Waals surface area contributed by atoms with E-state index in [1.54, 1.807) is 0 Å². The molecule has 0 amide bonds. The summed E-state index contributed by atoms with van der Waals surface area (Å²) in [4.78, 5) is 0. The van der Waals surface area contributed by atoms with Gasteiger partial charge < -0.3 is 0 Å². The fraction of sp³-hybridized carbons (Fsp3) is 1.00. The summed E-state index contributed by atoms with van der Waals surface area (Å²) in [7, 11) is 0. The minimum absolute atomic E-state index is 0.933. The minimum atomic E-state index is 0.933. The number of hydrogen-bond acceptors (Lipinski definition) is 0. The summed E-state index contributed by atoms with van der Waals surface area (Å²) in [5.41, 5.74) is 0. The lowest BCUT2D eigenvalue weighted by Gasteiger charge is -2.41. The van der Waals surface area contributed by atoms with Crippen LogP contribution in [0.2, 0.25) is 0 Å². The van der Waals surface area contributed by atoms with Gasteiger partial charge in [0.25, 0.3) is 0 Å². The van der Waals surface area contributed by atoms with Gasteiger partial charge in [-0.3, -0.25) is 0 Å². The van der Waals surface area contributed by atoms with E-state index in [1.165, 1.54) is 38.5 Å². The molecule has 0 aliphatic heterocycles. The maximum Gasteiger partial charge on any atom is -0.0383 e. The monoisotopic (exact) mass is 224 g/mol. The van der Waals surface area contributed by atoms with Crippen molar-refractivity contribution in [2.24, 2.45) is 29.6 Å². The largest absolute Gasteiger partial charge is 0.0651 e. The van der Waals surface area contributed by atoms with Crippen LogP contribution in [0.1, 0.15) is 73.1 Å². The highest BCUT2D eigenvalue weighted by Gasteiger charge is 2.33. The molecule has 0 saturated heterocycles. The summed E-state index contributed by atoms with van der Waals surface area (Å²) >= 11 is 0. The first-order valence-electron chi connectivity index (χ1n) is 7.58. The zero-order valence-electron chi connectivity index (χ0n) is 12.1. The molecule has 0 aromatic carbocycles. The first-order chi connectivity index (χ1) is 7.58. The van der Waals surface area contributed by atoms with Crippen molar-refractivity contribution in [1.82, 2.24) is 0 Å². The van der Waals surface area contributed by atoms with Crippen molar-refractivity contribution in [3.63, 3.8) is 0 Å². The molecule has 0 bridgehead atoms. The molecule has 16 heavy (non-hydrogen) atoms. The predicted octanol–water partition coefficient (Wildman–Crippen LogP) is 5.52. The second kappa shape index (κ2) is 6.67. The molecular formula is C16H32. The lowest BCUT2D eigenvalue weighted by atomic mass is 9.64. The molecule has 5 unspecified atom stereocenters. The van der Waals surface area contributed by atoms with E-state index in [1.807, 2.05) is 0 Å². The Bertz CT molecular complexity index is 184. The molecule has 0 heteroatoms. The van der Waals surface area contributed by atoms with E-state index in [0.717, 1.165) is 29.6 Å². The Balaban J connectivity index is 2.19. The molecule has 1 rings (SSSR count). The van der Waals surface area contributed by atoms with Crippen LogP contribution in [0.5, 0.6) is 0 Å². The molecule has 0 spiro atoms. The minimum Gasteiger partial charge on any atom is -0.0651 e. The van der Waals surface area contributed by atoms with Gasteiger partial charge in [-0.05, 0) is 48.9 Å². The summed E-state index contributed by atoms with van der Waals surface area (Å²) in [6.07, 6.45) is 8.70. The predicted molar refractivity (Wildman–Crippen MR) is 73.5 cm³/mol. The molecule has 0 aromatic heterocycles. The second-order valence-corrected chi connectivity index (χ2v) is 6.43. The fourth-order valence-electron chi connectivity index (χ4n) is 3.23. The van der Waals surface area contributed by atoms with Gasteiger partial charge in [0.2, 0.25) is 0 Å². The molecule has 0 N–H and O–H groups in total. The molecule has 0 heterocycles. The third-order valence-corrected chi connectivity index (χ3v) is 5.27. The zero-order chi connectivity index (χ0) is 12.1. The van der Waals surface area contributed by atoms with E-state index in [4.69, 9.17) is 0 Å². The molecule has 0 radical (unpaired) electrons. The van der Waals surface area contributed by atoms with Crippen LogP contribution >= 0.6 is 0 Å². The van der Waals surface area contributed by atoms with Crippen molar-refractivity contribution in [1.29, 1.82) is 0 Å². The van der Waals surface area contributed by atoms with Gasteiger partial charge in [0.15, 0.2) is 0 Å². The lowest BCUT2D eigenvalue weighted by molar-refractivity contribution is 0.0866. The van der Waals surface area contributed by atoms with Crippen LogP contribution in [0.4, 0.5) is 0 Å². The Labute approximate surface area is 103 Å². The first-order valence-corrected chi connectivity index (χ1v) is 7.58. The quantitative estimate of drug-likeness (QED) is 0.534. The number of rotatable bonds is 7. The van der Waals surface area contributed by atoms with Gasteiger partial charge in [-0.1, -0.05) is 53.9 Å². The van der Waals surface area contributed by atoms with Crippen molar-refractivity contribution in [2.75, 3.05) is 0 Å². The summed E-state index contributed by atoms with van der Waals surface area (Å²) in [5.74, 6) is 4.99. The Morgan fingerprint density at radius 2 is 1.81 bits per heavy atom. The lowest BCUT2D eigenvalue weighted by Crippen LogP contribution is -2.32. The van der Waals surface area contributed by atoms with Crippen LogP contribution in [0.3, 0.4) is 0 Å². The molecule has 1 aliphatic rings. The highest BCUT2D eigenvalue weighted by molar-refractivity contribution is 4.83. The standard InChI is InChI=1S/C16H32/c1-6-12(3)10-15(7-2)8-9-16-11-13(4)14(16)5/h12-16H,6-11H2,1-5H3. The molecule has 1 fully saturated rings. The van der Waals surface area contributed by atoms with Gasteiger partial charge in [-0.25, -0.2) is 0 Å². The van der Waals surface area contributed by atoms with Gasteiger partial charge in [0.1, 0.15) is 0 Å². The van der Waals surface area contributed by atoms with Crippen LogP contribution in [0, 0.1) is 29.6 Å². The first kappa shape index (κ1) is 14.1. The molecule has 0 nitrogen and oxygen atoms in total. The Kier molecular flexibility index (Phi) is 5.86. The molecular weight excluding hydrogens is 192 g/mol. The third-order valence-electron chi connectivity index (χ3n) is 5.27. The third kappa shape index (κ3) is 3.79. The Morgan fingerprint density at radius 1 is 1.12 bits per heavy atom. The van der Waals surface area contributed by atoms with Gasteiger partial charge in [-0.2, -0.15) is 0 Å². The van der Waals surface area contributed by atoms with E-state index in [0.29, 0.717) is 0 Å². The van der Waals surface area contributed by atoms with E-state index in [-0.39, 0.29) is 0 Å². The normalized spacial score (nSPS) is 33.2. The summed E-state index contributed by atoms with van der Waals surface area (Å²) in [5, 5.41) is 0. The second-order valence-electron chi connectivity index (χ2n) is 6.43. The fourth-order valence-corrected chi connectivity index (χ4v) is 3.23. The highest BCUT2D eigenvalue weighted by atomic mass is 14.4. The van der Waals surface area contributed by atoms with E-state index < -0.39 is 0 Å². The van der Waals surface area contributed by atoms with Gasteiger partial charge >= 0.3 is 0 Å². The van der Waals surface area contributed by atoms with Gasteiger partial charge in [0, 0.05) is 0 Å². The maximum absolute atomic E-state index is 2.45. The average Bonchev–Trinajstić information content (AvgIpc) is 2.31. The summed E-state index contributed by atoms with van der Waals surface area (Å²) in [6.45, 7) is 12.0. The van der Waals surface area contributed by atoms with E-state index in [2.05, 4.69) is 34.6 Å². The molecule has 0 aromatic rings. The summed E-state index contributed by atoms with van der Waals surface area (Å²) in [6, 6.07) is 0. The molecule has 1 saturated carbocycles. The zero-order valence-corrected chi connectivity index (χ0v) is 12.1.